The molecule has 30 heavy (non-hydrogen) atoms. The molecule has 2 aromatic rings. The van der Waals surface area contributed by atoms with Crippen molar-refractivity contribution in [3.05, 3.63) is 45.2 Å². The molecule has 4 rings (SSSR count). The molecule has 2 N–H and O–H groups in total. The van der Waals surface area contributed by atoms with Crippen molar-refractivity contribution in [2.45, 2.75) is 56.4 Å². The molecule has 1 aromatic carbocycles. The molecule has 0 spiro atoms. The van der Waals surface area contributed by atoms with Gasteiger partial charge in [0, 0.05) is 12.7 Å². The number of hydrogen-bond acceptors (Lipinski definition) is 5. The van der Waals surface area contributed by atoms with E-state index in [4.69, 9.17) is 9.47 Å². The van der Waals surface area contributed by atoms with Gasteiger partial charge in [-0.2, -0.15) is 0 Å². The van der Waals surface area contributed by atoms with Gasteiger partial charge < -0.3 is 14.8 Å². The number of amides is 1. The van der Waals surface area contributed by atoms with Crippen LogP contribution in [0.15, 0.2) is 23.0 Å². The van der Waals surface area contributed by atoms with Crippen LogP contribution in [0.1, 0.15) is 66.5 Å². The average Bonchev–Trinajstić information content (AvgIpc) is 2.94. The van der Waals surface area contributed by atoms with Crippen LogP contribution in [-0.4, -0.2) is 35.7 Å². The fraction of sp³-hybridized carbons (Fsp3) is 0.545. The van der Waals surface area contributed by atoms with Gasteiger partial charge in [-0.1, -0.05) is 31.7 Å². The summed E-state index contributed by atoms with van der Waals surface area (Å²) in [5, 5.41) is 5.82. The lowest BCUT2D eigenvalue weighted by Gasteiger charge is -2.20. The summed E-state index contributed by atoms with van der Waals surface area (Å²) < 4.78 is 12.7. The van der Waals surface area contributed by atoms with Crippen LogP contribution in [0.25, 0.3) is 0 Å². The number of aromatic amines is 1. The van der Waals surface area contributed by atoms with Gasteiger partial charge in [0.2, 0.25) is 5.91 Å². The number of carbonyl (C=O) groups excluding carboxylic acids is 1. The molecule has 2 heterocycles. The first-order valence-electron chi connectivity index (χ1n) is 10.5. The zero-order chi connectivity index (χ0) is 21.1. The third kappa shape index (κ3) is 4.16. The summed E-state index contributed by atoms with van der Waals surface area (Å²) in [4.78, 5) is 25.6. The Morgan fingerprint density at radius 2 is 1.90 bits per heavy atom. The molecule has 0 saturated heterocycles. The molecule has 0 radical (unpaired) electrons. The number of methoxy groups -OCH3 is 2. The summed E-state index contributed by atoms with van der Waals surface area (Å²) in [6.45, 7) is 0.415. The lowest BCUT2D eigenvalue weighted by Crippen LogP contribution is -2.19. The Hall–Kier alpha value is -2.19. The summed E-state index contributed by atoms with van der Waals surface area (Å²) in [5.41, 5.74) is 2.39. The van der Waals surface area contributed by atoms with E-state index < -0.39 is 0 Å². The summed E-state index contributed by atoms with van der Waals surface area (Å²) in [5.74, 6) is 1.61. The highest BCUT2D eigenvalue weighted by atomic mass is 32.2. The van der Waals surface area contributed by atoms with Gasteiger partial charge in [-0.05, 0) is 30.5 Å². The summed E-state index contributed by atoms with van der Waals surface area (Å²) in [6, 6.07) is 6.10. The first kappa shape index (κ1) is 21.1. The fourth-order valence-corrected chi connectivity index (χ4v) is 5.64. The Morgan fingerprint density at radius 3 is 2.60 bits per heavy atom. The number of fused-ring (bicyclic) bond motifs is 1. The van der Waals surface area contributed by atoms with Crippen molar-refractivity contribution in [3.63, 3.8) is 0 Å². The number of anilines is 1. The van der Waals surface area contributed by atoms with E-state index >= 15 is 0 Å². The van der Waals surface area contributed by atoms with Crippen LogP contribution in [0.2, 0.25) is 0 Å². The maximum absolute atomic E-state index is 13.1. The van der Waals surface area contributed by atoms with Crippen LogP contribution in [-0.2, 0) is 16.1 Å². The van der Waals surface area contributed by atoms with Gasteiger partial charge in [0.1, 0.15) is 11.6 Å². The Kier molecular flexibility index (Phi) is 6.53. The SMILES string of the molecule is COCc1cc([C@@H]2SCC(=O)Nc3c2c(=O)[nH]n3C2CCCCCC2)ccc1OC. The van der Waals surface area contributed by atoms with Gasteiger partial charge >= 0.3 is 0 Å². The van der Waals surface area contributed by atoms with E-state index in [9.17, 15) is 9.59 Å². The normalized spacial score (nSPS) is 20.2. The Balaban J connectivity index is 1.78. The Bertz CT molecular complexity index is 960. The highest BCUT2D eigenvalue weighted by Gasteiger charge is 2.32. The third-order valence-electron chi connectivity index (χ3n) is 5.96. The zero-order valence-corrected chi connectivity index (χ0v) is 18.3. The second-order valence-electron chi connectivity index (χ2n) is 7.96. The molecule has 7 nitrogen and oxygen atoms in total. The topological polar surface area (TPSA) is 85.4 Å². The van der Waals surface area contributed by atoms with E-state index in [1.165, 1.54) is 24.6 Å². The standard InChI is InChI=1S/C22H29N3O4S/c1-28-12-15-11-14(9-10-17(15)29-2)20-19-21(23-18(26)13-30-20)25(24-22(19)27)16-7-5-3-4-6-8-16/h9-11,16,20H,3-8,12-13H2,1-2H3,(H,23,26)(H,24,27)/t20-/m0/s1. The second kappa shape index (κ2) is 9.31. The van der Waals surface area contributed by atoms with Crippen LogP contribution in [0.5, 0.6) is 5.75 Å². The number of rotatable bonds is 5. The van der Waals surface area contributed by atoms with Crippen molar-refractivity contribution in [2.24, 2.45) is 0 Å². The van der Waals surface area contributed by atoms with Crippen LogP contribution in [0.4, 0.5) is 5.82 Å². The van der Waals surface area contributed by atoms with Crippen LogP contribution in [0.3, 0.4) is 0 Å². The number of carbonyl (C=O) groups is 1. The van der Waals surface area contributed by atoms with Crippen LogP contribution < -0.4 is 15.6 Å². The monoisotopic (exact) mass is 431 g/mol. The molecule has 1 fully saturated rings. The van der Waals surface area contributed by atoms with E-state index in [1.807, 2.05) is 22.9 Å². The van der Waals surface area contributed by atoms with E-state index in [-0.39, 0.29) is 22.8 Å². The molecule has 1 amide bonds. The molecule has 1 atom stereocenters. The van der Waals surface area contributed by atoms with Crippen molar-refractivity contribution >= 4 is 23.5 Å². The number of H-pyrrole nitrogens is 1. The lowest BCUT2D eigenvalue weighted by molar-refractivity contribution is -0.113. The first-order valence-corrected chi connectivity index (χ1v) is 11.6. The van der Waals surface area contributed by atoms with E-state index in [1.54, 1.807) is 14.2 Å². The average molecular weight is 432 g/mol. The minimum absolute atomic E-state index is 0.0734. The molecule has 2 aliphatic rings. The molecule has 1 aliphatic carbocycles. The number of benzene rings is 1. The van der Waals surface area contributed by atoms with Crippen molar-refractivity contribution in [1.29, 1.82) is 0 Å². The van der Waals surface area contributed by atoms with Crippen molar-refractivity contribution in [1.82, 2.24) is 9.78 Å². The molecule has 0 bridgehead atoms. The number of ether oxygens (including phenoxy) is 2. The Labute approximate surface area is 180 Å². The molecular formula is C22H29N3O4S. The molecule has 1 aliphatic heterocycles. The maximum Gasteiger partial charge on any atom is 0.270 e. The molecule has 8 heteroatoms. The summed E-state index contributed by atoms with van der Waals surface area (Å²) in [7, 11) is 3.28. The molecule has 1 aromatic heterocycles. The van der Waals surface area contributed by atoms with Gasteiger partial charge in [0.25, 0.3) is 5.56 Å². The Morgan fingerprint density at radius 1 is 1.13 bits per heavy atom. The minimum Gasteiger partial charge on any atom is -0.496 e. The highest BCUT2D eigenvalue weighted by Crippen LogP contribution is 2.42. The van der Waals surface area contributed by atoms with E-state index in [0.717, 1.165) is 42.6 Å². The summed E-state index contributed by atoms with van der Waals surface area (Å²) >= 11 is 1.48. The lowest BCUT2D eigenvalue weighted by atomic mass is 10.0. The van der Waals surface area contributed by atoms with E-state index in [2.05, 4.69) is 10.4 Å². The summed E-state index contributed by atoms with van der Waals surface area (Å²) in [6.07, 6.45) is 6.78. The largest absolute Gasteiger partial charge is 0.496 e. The number of aromatic nitrogens is 2. The number of thioether (sulfide) groups is 1. The maximum atomic E-state index is 13.1. The first-order chi connectivity index (χ1) is 14.6. The highest BCUT2D eigenvalue weighted by molar-refractivity contribution is 8.00. The van der Waals surface area contributed by atoms with Gasteiger partial charge in [-0.3, -0.25) is 19.4 Å². The number of nitrogens with zero attached hydrogens (tertiary/aromatic N) is 1. The number of hydrogen-bond donors (Lipinski definition) is 2. The fourth-order valence-electron chi connectivity index (χ4n) is 4.53. The molecule has 1 saturated carbocycles. The predicted molar refractivity (Wildman–Crippen MR) is 118 cm³/mol. The molecule has 0 unspecified atom stereocenters. The van der Waals surface area contributed by atoms with Gasteiger partial charge in [-0.25, -0.2) is 0 Å². The van der Waals surface area contributed by atoms with Crippen LogP contribution in [0, 0.1) is 0 Å². The smallest absolute Gasteiger partial charge is 0.270 e. The quantitative estimate of drug-likeness (QED) is 0.699. The second-order valence-corrected chi connectivity index (χ2v) is 9.06. The molecular weight excluding hydrogens is 402 g/mol. The van der Waals surface area contributed by atoms with Crippen molar-refractivity contribution in [2.75, 3.05) is 25.3 Å². The van der Waals surface area contributed by atoms with Gasteiger partial charge in [-0.15, -0.1) is 11.8 Å². The minimum atomic E-state index is -0.240. The van der Waals surface area contributed by atoms with E-state index in [0.29, 0.717) is 23.7 Å². The predicted octanol–water partition coefficient (Wildman–Crippen LogP) is 4.00. The van der Waals surface area contributed by atoms with Crippen molar-refractivity contribution < 1.29 is 14.3 Å². The van der Waals surface area contributed by atoms with Gasteiger partial charge in [0.15, 0.2) is 0 Å². The molecule has 162 valence electrons. The number of nitrogens with one attached hydrogen (secondary N) is 2. The van der Waals surface area contributed by atoms with Gasteiger partial charge in [0.05, 0.1) is 36.3 Å². The zero-order valence-electron chi connectivity index (χ0n) is 17.5. The van der Waals surface area contributed by atoms with Crippen molar-refractivity contribution in [3.8, 4) is 5.75 Å². The van der Waals surface area contributed by atoms with Crippen LogP contribution >= 0.6 is 11.8 Å². The third-order valence-corrected chi connectivity index (χ3v) is 7.23.